The molecule has 2 spiro atoms. The Hall–Kier alpha value is -6.24. The van der Waals surface area contributed by atoms with Crippen molar-refractivity contribution in [3.63, 3.8) is 0 Å². The zero-order chi connectivity index (χ0) is 71.3. The second-order valence-electron chi connectivity index (χ2n) is 24.6. The fraction of sp³-hybridized carbons (Fsp3) is 0.240. The van der Waals surface area contributed by atoms with Crippen LogP contribution in [0.4, 0.5) is 37.7 Å². The maximum Gasteiger partial charge on any atom is 1.00 e. The van der Waals surface area contributed by atoms with Gasteiger partial charge in [0, 0.05) is 97.9 Å². The Balaban J connectivity index is 0.000000147. The molecule has 11 nitrogen and oxygen atoms in total. The smallest absolute Gasteiger partial charge is 0.545 e. The molecule has 0 radical (unpaired) electrons. The number of carboxylic acids is 1. The number of H-pyrrole nitrogens is 1. The van der Waals surface area contributed by atoms with Gasteiger partial charge in [-0.2, -0.15) is 0 Å². The molecule has 2 saturated carbocycles. The second kappa shape index (κ2) is 31.4. The Bertz CT molecular complexity index is 5130. The number of halogens is 12. The van der Waals surface area contributed by atoms with Crippen molar-refractivity contribution in [2.45, 2.75) is 106 Å². The summed E-state index contributed by atoms with van der Waals surface area (Å²) in [6, 6.07) is 39.2. The molecular formula is C75H58Cl6F6N5NaO6S3. The molecule has 0 atom stereocenters. The number of esters is 2. The van der Waals surface area contributed by atoms with E-state index in [9.17, 15) is 32.7 Å². The fourth-order valence-corrected chi connectivity index (χ4v) is 18.5. The second-order valence-corrected chi connectivity index (χ2v) is 30.1. The molecule has 2 aliphatic heterocycles. The van der Waals surface area contributed by atoms with Crippen LogP contribution in [0.2, 0.25) is 30.5 Å². The summed E-state index contributed by atoms with van der Waals surface area (Å²) in [5.74, 6) is -7.23. The molecule has 0 bridgehead atoms. The molecule has 27 heteroatoms. The van der Waals surface area contributed by atoms with Gasteiger partial charge in [0.05, 0.1) is 76.6 Å². The Kier molecular flexibility index (Phi) is 23.3. The molecule has 102 heavy (non-hydrogen) atoms. The van der Waals surface area contributed by atoms with Crippen LogP contribution in [-0.4, -0.2) is 71.4 Å². The van der Waals surface area contributed by atoms with Gasteiger partial charge in [0.15, 0.2) is 29.1 Å². The van der Waals surface area contributed by atoms with E-state index in [2.05, 4.69) is 57.2 Å². The Morgan fingerprint density at radius 2 is 0.853 bits per heavy atom. The number of rotatable bonds is 17. The minimum absolute atomic E-state index is 0. The predicted octanol–water partition coefficient (Wildman–Crippen LogP) is 18.3. The quantitative estimate of drug-likeness (QED) is 0.0532. The van der Waals surface area contributed by atoms with Crippen molar-refractivity contribution in [2.75, 3.05) is 49.2 Å². The van der Waals surface area contributed by atoms with Crippen LogP contribution in [0, 0.1) is 34.9 Å². The van der Waals surface area contributed by atoms with Gasteiger partial charge >= 0.3 is 41.5 Å². The van der Waals surface area contributed by atoms with Crippen LogP contribution in [0.3, 0.4) is 0 Å². The molecule has 2 aliphatic carbocycles. The van der Waals surface area contributed by atoms with E-state index in [1.165, 1.54) is 103 Å². The first-order chi connectivity index (χ1) is 48.6. The normalized spacial score (nSPS) is 14.4. The van der Waals surface area contributed by atoms with Crippen LogP contribution in [0.5, 0.6) is 0 Å². The summed E-state index contributed by atoms with van der Waals surface area (Å²) >= 11 is 41.0. The molecule has 1 N–H and O–H groups in total. The van der Waals surface area contributed by atoms with Crippen molar-refractivity contribution in [3.05, 3.63) is 233 Å². The Morgan fingerprint density at radius 1 is 0.471 bits per heavy atom. The van der Waals surface area contributed by atoms with Crippen molar-refractivity contribution in [1.29, 1.82) is 0 Å². The standard InChI is InChI=1S/C30H26Cl2F2N2O2S.C28H22Cl2F2N2O2S.C17H11Cl2F2NO2S.Na/c1-2-38-29(37)18-7-5-10-23(24(18)33)39-27-19-11-12-21(31)25(34)26(19)36(28(27)32)16-15-35-17-30(13-6-14-30)20-8-3-4-9-22(20)35;29-19-10-9-17-24(23(19)32)34(26(30)25(17)37-21-8-3-5-16(22(21)31)27(35)36)14-13-33-15-28(11-4-12-28)18-6-1-2-7-20(18)33;1-2-24-17(23)8-4-3-5-11(12(8)20)25-15-9-6-7-10(18)13(21)14(9)22-16(15)19;/h3-5,7-12H,2,6,13-17H2,1H3;1-3,5-10H,4,11-15H2,(H,35,36);3-7,22H,2H2,1H3;/q;;;+1/p-1. The van der Waals surface area contributed by atoms with E-state index in [-0.39, 0.29) is 121 Å². The number of hydrogen-bond acceptors (Lipinski definition) is 11. The number of carbonyl (C=O) groups is 3. The average molecular weight is 1570 g/mol. The third kappa shape index (κ3) is 14.2. The molecule has 0 saturated heterocycles. The molecule has 15 rings (SSSR count). The minimum Gasteiger partial charge on any atom is -0.545 e. The maximum absolute atomic E-state index is 15.5. The van der Waals surface area contributed by atoms with Crippen LogP contribution in [-0.2, 0) is 33.4 Å². The Morgan fingerprint density at radius 3 is 1.25 bits per heavy atom. The third-order valence-electron chi connectivity index (χ3n) is 19.0. The van der Waals surface area contributed by atoms with E-state index in [0.29, 0.717) is 62.2 Å². The molecule has 3 aromatic heterocycles. The van der Waals surface area contributed by atoms with Crippen molar-refractivity contribution in [2.24, 2.45) is 0 Å². The van der Waals surface area contributed by atoms with E-state index in [0.717, 1.165) is 67.3 Å². The van der Waals surface area contributed by atoms with Crippen molar-refractivity contribution in [3.8, 4) is 0 Å². The summed E-state index contributed by atoms with van der Waals surface area (Å²) in [4.78, 5) is 44.5. The predicted molar refractivity (Wildman–Crippen MR) is 388 cm³/mol. The Labute approximate surface area is 647 Å². The molecule has 8 aromatic carbocycles. The molecule has 0 amide bonds. The first-order valence-corrected chi connectivity index (χ1v) is 36.9. The van der Waals surface area contributed by atoms with Gasteiger partial charge in [0.1, 0.15) is 21.3 Å². The van der Waals surface area contributed by atoms with Crippen LogP contribution in [0.1, 0.15) is 94.6 Å². The van der Waals surface area contributed by atoms with Crippen LogP contribution < -0.4 is 44.5 Å². The molecule has 4 aliphatic rings. The molecule has 2 fully saturated rings. The summed E-state index contributed by atoms with van der Waals surface area (Å²) in [5.41, 5.74) is 5.36. The number of aromatic amines is 1. The number of carbonyl (C=O) groups excluding carboxylic acids is 3. The van der Waals surface area contributed by atoms with E-state index >= 15 is 13.2 Å². The van der Waals surface area contributed by atoms with Gasteiger partial charge in [0.25, 0.3) is 0 Å². The van der Waals surface area contributed by atoms with Gasteiger partial charge in [-0.05, 0) is 130 Å². The summed E-state index contributed by atoms with van der Waals surface area (Å²) in [6.45, 7) is 7.46. The molecule has 11 aromatic rings. The molecule has 5 heterocycles. The number of nitrogens with zero attached hydrogens (tertiary/aromatic N) is 4. The van der Waals surface area contributed by atoms with Crippen LogP contribution in [0.15, 0.2) is 169 Å². The number of para-hydroxylation sites is 2. The number of carboxylic acid groups (broad SMARTS) is 1. The number of hydrogen-bond donors (Lipinski definition) is 1. The van der Waals surface area contributed by atoms with Gasteiger partial charge in [-0.1, -0.05) is 178 Å². The van der Waals surface area contributed by atoms with E-state index in [4.69, 9.17) is 79.1 Å². The molecule has 0 unspecified atom stereocenters. The topological polar surface area (TPSA) is 125 Å². The monoisotopic (exact) mass is 1570 g/mol. The third-order valence-corrected chi connectivity index (χ3v) is 24.7. The maximum atomic E-state index is 15.5. The van der Waals surface area contributed by atoms with Crippen molar-refractivity contribution in [1.82, 2.24) is 14.1 Å². The number of fused-ring (bicyclic) bond motifs is 7. The number of nitrogens with one attached hydrogen (secondary N) is 1. The van der Waals surface area contributed by atoms with Gasteiger partial charge in [0.2, 0.25) is 0 Å². The van der Waals surface area contributed by atoms with Crippen LogP contribution >= 0.6 is 105 Å². The van der Waals surface area contributed by atoms with Gasteiger partial charge in [-0.3, -0.25) is 0 Å². The molecule has 522 valence electrons. The number of anilines is 2. The minimum atomic E-state index is -1.61. The van der Waals surface area contributed by atoms with Gasteiger partial charge in [-0.25, -0.2) is 35.9 Å². The zero-order valence-corrected chi connectivity index (χ0v) is 63.7. The van der Waals surface area contributed by atoms with E-state index < -0.39 is 58.4 Å². The van der Waals surface area contributed by atoms with Crippen LogP contribution in [0.25, 0.3) is 32.7 Å². The molecular weight excluding hydrogens is 1510 g/mol. The number of aromatic carboxylic acids is 1. The first kappa shape index (κ1) is 75.4. The summed E-state index contributed by atoms with van der Waals surface area (Å²) in [6.07, 6.45) is 7.12. The number of aromatic nitrogens is 3. The first-order valence-electron chi connectivity index (χ1n) is 32.2. The van der Waals surface area contributed by atoms with E-state index in [1.807, 2.05) is 6.07 Å². The van der Waals surface area contributed by atoms with E-state index in [1.54, 1.807) is 53.3 Å². The van der Waals surface area contributed by atoms with Crippen molar-refractivity contribution < 1.29 is 84.9 Å². The number of ether oxygens (including phenoxy) is 2. The number of benzene rings is 8. The zero-order valence-electron chi connectivity index (χ0n) is 54.7. The average Bonchev–Trinajstić information content (AvgIpc) is 1.59. The van der Waals surface area contributed by atoms with Crippen molar-refractivity contribution >= 4 is 167 Å². The van der Waals surface area contributed by atoms with Gasteiger partial charge in [-0.15, -0.1) is 0 Å². The largest absolute Gasteiger partial charge is 1.00 e. The van der Waals surface area contributed by atoms with Gasteiger partial charge < -0.3 is 43.3 Å². The summed E-state index contributed by atoms with van der Waals surface area (Å²) in [7, 11) is 0. The summed E-state index contributed by atoms with van der Waals surface area (Å²) in [5, 5.41) is 13.4. The SMILES string of the molecule is CCOC(=O)c1cccc(Sc2c(Cl)[nH]c3c(F)c(Cl)ccc23)c1F.CCOC(=O)c1cccc(Sc2c(Cl)n(CCN3CC4(CCC4)c4ccccc43)c3c(F)c(Cl)ccc23)c1F.O=C([O-])c1cccc(Sc2c(Cl)n(CCN3CC4(CCC4)c4ccccc43)c3c(F)c(Cl)ccc23)c1F.[Na+]. The summed E-state index contributed by atoms with van der Waals surface area (Å²) < 4.78 is 103. The fourth-order valence-electron chi connectivity index (χ4n) is 13.9.